The summed E-state index contributed by atoms with van der Waals surface area (Å²) in [6.45, 7) is 0. The molecule has 1 aromatic carbocycles. The van der Waals surface area contributed by atoms with Crippen molar-refractivity contribution in [2.24, 2.45) is 11.7 Å². The lowest BCUT2D eigenvalue weighted by atomic mass is 10.0. The van der Waals surface area contributed by atoms with Gasteiger partial charge in [0, 0.05) is 0 Å². The molecule has 1 atom stereocenters. The standard InChI is InChI=1S/C10H10N2O2S/c11-5-7(10(12)15)3-6-1-2-8(13)9(14)4-6/h1-2,4,7,13-14H,3H2,(H2,12,15). The number of aromatic hydroxyl groups is 2. The molecule has 0 amide bonds. The van der Waals surface area contributed by atoms with Gasteiger partial charge >= 0.3 is 0 Å². The van der Waals surface area contributed by atoms with Crippen LogP contribution in [-0.2, 0) is 6.42 Å². The zero-order valence-electron chi connectivity index (χ0n) is 7.84. The van der Waals surface area contributed by atoms with E-state index in [-0.39, 0.29) is 16.5 Å². The van der Waals surface area contributed by atoms with Crippen LogP contribution in [0.3, 0.4) is 0 Å². The summed E-state index contributed by atoms with van der Waals surface area (Å²) in [4.78, 5) is 0.130. The number of phenolic OH excluding ortho intramolecular Hbond substituents is 2. The maximum Gasteiger partial charge on any atom is 0.157 e. The van der Waals surface area contributed by atoms with Crippen LogP contribution in [0.2, 0.25) is 0 Å². The van der Waals surface area contributed by atoms with E-state index in [9.17, 15) is 5.11 Å². The van der Waals surface area contributed by atoms with Crippen LogP contribution in [0.25, 0.3) is 0 Å². The quantitative estimate of drug-likeness (QED) is 0.525. The molecule has 0 bridgehead atoms. The Kier molecular flexibility index (Phi) is 3.47. The van der Waals surface area contributed by atoms with Crippen LogP contribution in [0.15, 0.2) is 18.2 Å². The van der Waals surface area contributed by atoms with Crippen molar-refractivity contribution in [1.29, 1.82) is 5.26 Å². The van der Waals surface area contributed by atoms with Gasteiger partial charge < -0.3 is 15.9 Å². The molecule has 0 fully saturated rings. The van der Waals surface area contributed by atoms with Crippen LogP contribution < -0.4 is 5.73 Å². The Balaban J connectivity index is 2.86. The zero-order valence-corrected chi connectivity index (χ0v) is 8.66. The SMILES string of the molecule is N#CC(Cc1ccc(O)c(O)c1)C(N)=S. The Morgan fingerprint density at radius 3 is 2.60 bits per heavy atom. The second kappa shape index (κ2) is 4.62. The summed E-state index contributed by atoms with van der Waals surface area (Å²) in [7, 11) is 0. The maximum absolute atomic E-state index is 9.23. The predicted molar refractivity (Wildman–Crippen MR) is 59.4 cm³/mol. The van der Waals surface area contributed by atoms with Gasteiger partial charge in [-0.25, -0.2) is 0 Å². The molecule has 78 valence electrons. The number of nitrogens with two attached hydrogens (primary N) is 1. The monoisotopic (exact) mass is 222 g/mol. The van der Waals surface area contributed by atoms with Crippen LogP contribution >= 0.6 is 12.2 Å². The summed E-state index contributed by atoms with van der Waals surface area (Å²) in [5, 5.41) is 27.1. The number of phenols is 2. The van der Waals surface area contributed by atoms with Gasteiger partial charge in [0.1, 0.15) is 5.92 Å². The zero-order chi connectivity index (χ0) is 11.4. The first-order chi connectivity index (χ1) is 7.04. The van der Waals surface area contributed by atoms with E-state index in [1.54, 1.807) is 6.07 Å². The summed E-state index contributed by atoms with van der Waals surface area (Å²) in [6.07, 6.45) is 0.333. The third kappa shape index (κ3) is 2.82. The minimum absolute atomic E-state index is 0.130. The molecule has 0 aliphatic rings. The van der Waals surface area contributed by atoms with Crippen molar-refractivity contribution in [2.75, 3.05) is 0 Å². The molecule has 4 N–H and O–H groups in total. The average Bonchev–Trinajstić information content (AvgIpc) is 2.19. The highest BCUT2D eigenvalue weighted by Crippen LogP contribution is 2.25. The van der Waals surface area contributed by atoms with Crippen LogP contribution in [0.5, 0.6) is 11.5 Å². The van der Waals surface area contributed by atoms with E-state index < -0.39 is 5.92 Å². The first kappa shape index (κ1) is 11.3. The fourth-order valence-corrected chi connectivity index (χ4v) is 1.28. The summed E-state index contributed by atoms with van der Waals surface area (Å²) in [5.41, 5.74) is 6.06. The second-order valence-corrected chi connectivity index (χ2v) is 3.58. The van der Waals surface area contributed by atoms with E-state index in [1.165, 1.54) is 12.1 Å². The number of hydrogen-bond acceptors (Lipinski definition) is 4. The van der Waals surface area contributed by atoms with Crippen molar-refractivity contribution in [3.63, 3.8) is 0 Å². The van der Waals surface area contributed by atoms with Crippen molar-refractivity contribution < 1.29 is 10.2 Å². The van der Waals surface area contributed by atoms with Crippen molar-refractivity contribution >= 4 is 17.2 Å². The molecule has 0 heterocycles. The largest absolute Gasteiger partial charge is 0.504 e. The van der Waals surface area contributed by atoms with E-state index in [4.69, 9.17) is 28.3 Å². The van der Waals surface area contributed by atoms with Gasteiger partial charge in [0.25, 0.3) is 0 Å². The third-order valence-electron chi connectivity index (χ3n) is 1.98. The molecule has 0 spiro atoms. The molecule has 5 heteroatoms. The molecule has 0 aliphatic carbocycles. The fourth-order valence-electron chi connectivity index (χ4n) is 1.14. The smallest absolute Gasteiger partial charge is 0.157 e. The molecule has 0 saturated carbocycles. The molecule has 0 radical (unpaired) electrons. The highest BCUT2D eigenvalue weighted by Gasteiger charge is 2.12. The highest BCUT2D eigenvalue weighted by molar-refractivity contribution is 7.80. The average molecular weight is 222 g/mol. The molecule has 1 aromatic rings. The molecule has 4 nitrogen and oxygen atoms in total. The second-order valence-electron chi connectivity index (χ2n) is 3.11. The Labute approximate surface area is 92.6 Å². The molecule has 0 aliphatic heterocycles. The first-order valence-corrected chi connectivity index (χ1v) is 4.65. The number of thiocarbonyl (C=S) groups is 1. The minimum atomic E-state index is -0.552. The Morgan fingerprint density at radius 1 is 1.47 bits per heavy atom. The number of nitriles is 1. The topological polar surface area (TPSA) is 90.3 Å². The summed E-state index contributed by atoms with van der Waals surface area (Å²) in [6, 6.07) is 6.33. The van der Waals surface area contributed by atoms with Crippen molar-refractivity contribution in [3.8, 4) is 17.6 Å². The van der Waals surface area contributed by atoms with Crippen molar-refractivity contribution in [3.05, 3.63) is 23.8 Å². The number of benzene rings is 1. The van der Waals surface area contributed by atoms with Crippen molar-refractivity contribution in [1.82, 2.24) is 0 Å². The lowest BCUT2D eigenvalue weighted by Crippen LogP contribution is -2.21. The van der Waals surface area contributed by atoms with Crippen molar-refractivity contribution in [2.45, 2.75) is 6.42 Å². The van der Waals surface area contributed by atoms with Gasteiger partial charge in [-0.15, -0.1) is 0 Å². The molecular weight excluding hydrogens is 212 g/mol. The Bertz CT molecular complexity index is 426. The molecule has 0 aromatic heterocycles. The van der Waals surface area contributed by atoms with E-state index >= 15 is 0 Å². The van der Waals surface area contributed by atoms with Gasteiger partial charge in [-0.3, -0.25) is 0 Å². The summed E-state index contributed by atoms with van der Waals surface area (Å²) >= 11 is 4.72. The van der Waals surface area contributed by atoms with Crippen LogP contribution in [0.4, 0.5) is 0 Å². The number of rotatable bonds is 3. The third-order valence-corrected chi connectivity index (χ3v) is 2.26. The molecule has 15 heavy (non-hydrogen) atoms. The lowest BCUT2D eigenvalue weighted by molar-refractivity contribution is 0.403. The number of nitrogens with zero attached hydrogens (tertiary/aromatic N) is 1. The normalized spacial score (nSPS) is 11.7. The fraction of sp³-hybridized carbons (Fsp3) is 0.200. The summed E-state index contributed by atoms with van der Waals surface area (Å²) < 4.78 is 0. The van der Waals surface area contributed by atoms with Gasteiger partial charge in [-0.1, -0.05) is 18.3 Å². The Morgan fingerprint density at radius 2 is 2.13 bits per heavy atom. The van der Waals surface area contributed by atoms with E-state index in [2.05, 4.69) is 0 Å². The molecule has 0 saturated heterocycles. The van der Waals surface area contributed by atoms with E-state index in [0.717, 1.165) is 0 Å². The predicted octanol–water partition coefficient (Wildman–Crippen LogP) is 1.07. The number of hydrogen-bond donors (Lipinski definition) is 3. The lowest BCUT2D eigenvalue weighted by Gasteiger charge is -2.07. The molecule has 1 rings (SSSR count). The molecule has 1 unspecified atom stereocenters. The van der Waals surface area contributed by atoms with Gasteiger partial charge in [-0.05, 0) is 24.1 Å². The van der Waals surface area contributed by atoms with Gasteiger partial charge in [0.2, 0.25) is 0 Å². The molecular formula is C10H10N2O2S. The van der Waals surface area contributed by atoms with Gasteiger partial charge in [-0.2, -0.15) is 5.26 Å². The summed E-state index contributed by atoms with van der Waals surface area (Å²) in [5.74, 6) is -0.960. The van der Waals surface area contributed by atoms with E-state index in [0.29, 0.717) is 12.0 Å². The maximum atomic E-state index is 9.23. The van der Waals surface area contributed by atoms with Crippen LogP contribution in [0.1, 0.15) is 5.56 Å². The minimum Gasteiger partial charge on any atom is -0.504 e. The van der Waals surface area contributed by atoms with Crippen LogP contribution in [-0.4, -0.2) is 15.2 Å². The van der Waals surface area contributed by atoms with E-state index in [1.807, 2.05) is 6.07 Å². The Hall–Kier alpha value is -1.80. The highest BCUT2D eigenvalue weighted by atomic mass is 32.1. The van der Waals surface area contributed by atoms with Crippen LogP contribution in [0, 0.1) is 17.2 Å². The van der Waals surface area contributed by atoms with Gasteiger partial charge in [0.05, 0.1) is 11.1 Å². The van der Waals surface area contributed by atoms with Gasteiger partial charge in [0.15, 0.2) is 11.5 Å². The first-order valence-electron chi connectivity index (χ1n) is 4.24.